The lowest BCUT2D eigenvalue weighted by atomic mass is 10.1. The Morgan fingerprint density at radius 2 is 1.85 bits per heavy atom. The van der Waals surface area contributed by atoms with Gasteiger partial charge in [-0.2, -0.15) is 0 Å². The molecule has 0 saturated heterocycles. The zero-order valence-electron chi connectivity index (χ0n) is 8.97. The summed E-state index contributed by atoms with van der Waals surface area (Å²) in [5.74, 6) is 0.492. The second-order valence-electron chi connectivity index (χ2n) is 3.95. The van der Waals surface area contributed by atoms with Gasteiger partial charge in [0.05, 0.1) is 6.61 Å². The first-order chi connectivity index (χ1) is 6.35. The molecule has 0 amide bonds. The van der Waals surface area contributed by atoms with Crippen molar-refractivity contribution in [2.24, 2.45) is 5.92 Å². The molecule has 0 bridgehead atoms. The minimum absolute atomic E-state index is 0.353. The molecule has 0 radical (unpaired) electrons. The normalized spacial score (nSPS) is 21.0. The van der Waals surface area contributed by atoms with Crippen LogP contribution in [0.25, 0.3) is 0 Å². The van der Waals surface area contributed by atoms with Crippen molar-refractivity contribution in [3.05, 3.63) is 11.1 Å². The fourth-order valence-electron chi connectivity index (χ4n) is 2.15. The average Bonchev–Trinajstić information content (AvgIpc) is 2.85. The minimum Gasteiger partial charge on any atom is -0.395 e. The van der Waals surface area contributed by atoms with Crippen LogP contribution < -0.4 is 0 Å². The van der Waals surface area contributed by atoms with Gasteiger partial charge in [0.2, 0.25) is 0 Å². The summed E-state index contributed by atoms with van der Waals surface area (Å²) in [4.78, 5) is 0. The second kappa shape index (κ2) is 5.43. The SMILES string of the molecule is CCCCCCC1=C(CC)C1CO. The number of unbranched alkanes of at least 4 members (excludes halogenated alkanes) is 3. The van der Waals surface area contributed by atoms with Crippen LogP contribution in [0.15, 0.2) is 11.1 Å². The van der Waals surface area contributed by atoms with Crippen LogP contribution in [0, 0.1) is 5.92 Å². The van der Waals surface area contributed by atoms with Gasteiger partial charge >= 0.3 is 0 Å². The van der Waals surface area contributed by atoms with Crippen molar-refractivity contribution in [2.45, 2.75) is 52.4 Å². The van der Waals surface area contributed by atoms with Gasteiger partial charge in [-0.05, 0) is 19.3 Å². The summed E-state index contributed by atoms with van der Waals surface area (Å²) in [6.45, 7) is 4.79. The molecule has 1 N–H and O–H groups in total. The van der Waals surface area contributed by atoms with Crippen molar-refractivity contribution in [3.8, 4) is 0 Å². The van der Waals surface area contributed by atoms with Crippen LogP contribution in [-0.4, -0.2) is 11.7 Å². The third kappa shape index (κ3) is 2.84. The lowest BCUT2D eigenvalue weighted by Gasteiger charge is -1.96. The summed E-state index contributed by atoms with van der Waals surface area (Å²) in [5.41, 5.74) is 3.11. The Balaban J connectivity index is 2.11. The molecule has 0 aromatic rings. The van der Waals surface area contributed by atoms with E-state index < -0.39 is 0 Å². The summed E-state index contributed by atoms with van der Waals surface area (Å²) in [7, 11) is 0. The molecular weight excluding hydrogens is 160 g/mol. The van der Waals surface area contributed by atoms with E-state index in [4.69, 9.17) is 5.11 Å². The highest BCUT2D eigenvalue weighted by atomic mass is 16.3. The van der Waals surface area contributed by atoms with Crippen molar-refractivity contribution in [3.63, 3.8) is 0 Å². The largest absolute Gasteiger partial charge is 0.395 e. The van der Waals surface area contributed by atoms with Crippen molar-refractivity contribution >= 4 is 0 Å². The summed E-state index contributed by atoms with van der Waals surface area (Å²) in [6, 6.07) is 0. The van der Waals surface area contributed by atoms with Crippen LogP contribution in [0.3, 0.4) is 0 Å². The van der Waals surface area contributed by atoms with E-state index >= 15 is 0 Å². The second-order valence-corrected chi connectivity index (χ2v) is 3.95. The number of hydrogen-bond acceptors (Lipinski definition) is 1. The average molecular weight is 182 g/mol. The fraction of sp³-hybridized carbons (Fsp3) is 0.833. The number of aliphatic hydroxyl groups excluding tert-OH is 1. The molecule has 1 heteroatoms. The highest BCUT2D eigenvalue weighted by Crippen LogP contribution is 2.44. The van der Waals surface area contributed by atoms with Crippen molar-refractivity contribution < 1.29 is 5.11 Å². The molecule has 0 spiro atoms. The molecule has 0 heterocycles. The maximum Gasteiger partial charge on any atom is 0.0534 e. The van der Waals surface area contributed by atoms with E-state index in [2.05, 4.69) is 13.8 Å². The number of rotatable bonds is 7. The van der Waals surface area contributed by atoms with Crippen LogP contribution in [-0.2, 0) is 0 Å². The predicted octanol–water partition coefficient (Wildman–Crippen LogP) is 3.29. The molecule has 1 aliphatic carbocycles. The molecule has 1 atom stereocenters. The Kier molecular flexibility index (Phi) is 4.51. The molecular formula is C12H22O. The summed E-state index contributed by atoms with van der Waals surface area (Å²) >= 11 is 0. The van der Waals surface area contributed by atoms with Gasteiger partial charge in [0.15, 0.2) is 0 Å². The Bertz CT molecular complexity index is 182. The van der Waals surface area contributed by atoms with E-state index in [1.807, 2.05) is 0 Å². The highest BCUT2D eigenvalue weighted by Gasteiger charge is 2.32. The first-order valence-corrected chi connectivity index (χ1v) is 5.67. The van der Waals surface area contributed by atoms with Crippen molar-refractivity contribution in [1.29, 1.82) is 0 Å². The third-order valence-electron chi connectivity index (χ3n) is 3.03. The summed E-state index contributed by atoms with van der Waals surface area (Å²) in [6.07, 6.45) is 7.74. The highest BCUT2D eigenvalue weighted by molar-refractivity contribution is 5.40. The smallest absolute Gasteiger partial charge is 0.0534 e. The van der Waals surface area contributed by atoms with Gasteiger partial charge in [0.25, 0.3) is 0 Å². The molecule has 0 aromatic carbocycles. The maximum absolute atomic E-state index is 9.04. The van der Waals surface area contributed by atoms with Gasteiger partial charge in [-0.3, -0.25) is 0 Å². The molecule has 0 aliphatic heterocycles. The monoisotopic (exact) mass is 182 g/mol. The molecule has 1 nitrogen and oxygen atoms in total. The van der Waals surface area contributed by atoms with E-state index in [1.54, 1.807) is 11.1 Å². The van der Waals surface area contributed by atoms with Gasteiger partial charge in [-0.1, -0.05) is 44.3 Å². The van der Waals surface area contributed by atoms with Crippen LogP contribution >= 0.6 is 0 Å². The number of aliphatic hydroxyl groups is 1. The Labute approximate surface area is 81.9 Å². The number of hydrogen-bond donors (Lipinski definition) is 1. The topological polar surface area (TPSA) is 20.2 Å². The van der Waals surface area contributed by atoms with E-state index in [0.717, 1.165) is 6.42 Å². The Hall–Kier alpha value is -0.300. The van der Waals surface area contributed by atoms with E-state index in [-0.39, 0.29) is 0 Å². The third-order valence-corrected chi connectivity index (χ3v) is 3.03. The van der Waals surface area contributed by atoms with E-state index in [0.29, 0.717) is 12.5 Å². The Morgan fingerprint density at radius 3 is 2.31 bits per heavy atom. The zero-order chi connectivity index (χ0) is 9.68. The molecule has 0 aromatic heterocycles. The molecule has 1 aliphatic rings. The molecule has 1 rings (SSSR count). The predicted molar refractivity (Wildman–Crippen MR) is 56.7 cm³/mol. The maximum atomic E-state index is 9.04. The van der Waals surface area contributed by atoms with E-state index in [1.165, 1.54) is 32.1 Å². The fourth-order valence-corrected chi connectivity index (χ4v) is 2.15. The molecule has 13 heavy (non-hydrogen) atoms. The molecule has 0 saturated carbocycles. The van der Waals surface area contributed by atoms with Gasteiger partial charge in [-0.15, -0.1) is 0 Å². The van der Waals surface area contributed by atoms with Gasteiger partial charge in [-0.25, -0.2) is 0 Å². The van der Waals surface area contributed by atoms with Gasteiger partial charge in [0, 0.05) is 5.92 Å². The lowest BCUT2D eigenvalue weighted by molar-refractivity contribution is 0.279. The standard InChI is InChI=1S/C12H22O/c1-3-5-6-7-8-11-10(4-2)12(11)9-13/h12-13H,3-9H2,1-2H3. The first kappa shape index (κ1) is 10.8. The van der Waals surface area contributed by atoms with E-state index in [9.17, 15) is 0 Å². The summed E-state index contributed by atoms with van der Waals surface area (Å²) < 4.78 is 0. The molecule has 0 fully saturated rings. The molecule has 1 unspecified atom stereocenters. The first-order valence-electron chi connectivity index (χ1n) is 5.67. The van der Waals surface area contributed by atoms with Crippen molar-refractivity contribution in [2.75, 3.05) is 6.61 Å². The van der Waals surface area contributed by atoms with Gasteiger partial charge < -0.3 is 5.11 Å². The lowest BCUT2D eigenvalue weighted by Crippen LogP contribution is -1.90. The van der Waals surface area contributed by atoms with Crippen LogP contribution in [0.1, 0.15) is 52.4 Å². The quantitative estimate of drug-likeness (QED) is 0.473. The van der Waals surface area contributed by atoms with Crippen LogP contribution in [0.2, 0.25) is 0 Å². The van der Waals surface area contributed by atoms with Crippen LogP contribution in [0.5, 0.6) is 0 Å². The zero-order valence-corrected chi connectivity index (χ0v) is 8.97. The Morgan fingerprint density at radius 1 is 1.08 bits per heavy atom. The molecule has 76 valence electrons. The van der Waals surface area contributed by atoms with Crippen molar-refractivity contribution in [1.82, 2.24) is 0 Å². The summed E-state index contributed by atoms with van der Waals surface area (Å²) in [5, 5.41) is 9.04. The van der Waals surface area contributed by atoms with Gasteiger partial charge in [0.1, 0.15) is 0 Å². The minimum atomic E-state index is 0.353. The van der Waals surface area contributed by atoms with Crippen LogP contribution in [0.4, 0.5) is 0 Å².